The van der Waals surface area contributed by atoms with E-state index in [0.717, 1.165) is 6.07 Å². The number of nitrogens with one attached hydrogen (secondary N) is 1. The second kappa shape index (κ2) is 7.66. The molecule has 0 aliphatic rings. The molecule has 0 fully saturated rings. The summed E-state index contributed by atoms with van der Waals surface area (Å²) in [6.45, 7) is 0. The van der Waals surface area contributed by atoms with E-state index in [1.54, 1.807) is 12.3 Å². The molecule has 1 aromatic rings. The van der Waals surface area contributed by atoms with Crippen molar-refractivity contribution in [3.63, 3.8) is 0 Å². The van der Waals surface area contributed by atoms with Crippen LogP contribution in [0.4, 0.5) is 0 Å². The monoisotopic (exact) mass is 348 g/mol. The number of sulfonamides is 1. The van der Waals surface area contributed by atoms with E-state index in [2.05, 4.69) is 4.72 Å². The topological polar surface area (TPSA) is 107 Å². The zero-order valence-corrected chi connectivity index (χ0v) is 13.4. The zero-order valence-electron chi connectivity index (χ0n) is 11.0. The minimum atomic E-state index is -4.15. The fraction of sp³-hybridized carbons (Fsp3) is 0.333. The van der Waals surface area contributed by atoms with Gasteiger partial charge >= 0.3 is 5.97 Å². The van der Waals surface area contributed by atoms with Gasteiger partial charge in [-0.3, -0.25) is 4.79 Å². The van der Waals surface area contributed by atoms with E-state index in [0.29, 0.717) is 5.75 Å². The molecule has 1 unspecified atom stereocenters. The van der Waals surface area contributed by atoms with Crippen LogP contribution >= 0.6 is 23.4 Å². The summed E-state index contributed by atoms with van der Waals surface area (Å²) in [6, 6.07) is 4.27. The highest BCUT2D eigenvalue weighted by Crippen LogP contribution is 2.21. The van der Waals surface area contributed by atoms with E-state index in [1.807, 2.05) is 0 Å². The molecule has 1 aromatic carbocycles. The summed E-state index contributed by atoms with van der Waals surface area (Å²) in [4.78, 5) is 10.8. The number of carbonyl (C=O) groups is 1. The molecule has 0 radical (unpaired) electrons. The van der Waals surface area contributed by atoms with Crippen LogP contribution in [0.25, 0.3) is 0 Å². The van der Waals surface area contributed by atoms with Crippen LogP contribution < -0.4 is 4.72 Å². The van der Waals surface area contributed by atoms with Gasteiger partial charge in [0.05, 0.1) is 5.56 Å². The highest BCUT2D eigenvalue weighted by Gasteiger charge is 2.27. The summed E-state index contributed by atoms with van der Waals surface area (Å²) in [7, 11) is -4.15. The number of rotatable bonds is 7. The second-order valence-corrected chi connectivity index (χ2v) is 7.15. The van der Waals surface area contributed by atoms with Crippen molar-refractivity contribution in [2.24, 2.45) is 0 Å². The molecular formula is C12H13ClN2O4S2. The number of hydrogen-bond donors (Lipinski definition) is 2. The third kappa shape index (κ3) is 4.89. The SMILES string of the molecule is CSCCC(NS(=O)(=O)c1cc(Cl)ccc1C#N)C(=O)O. The Labute approximate surface area is 132 Å². The number of benzene rings is 1. The summed E-state index contributed by atoms with van der Waals surface area (Å²) in [5.41, 5.74) is -0.0964. The van der Waals surface area contributed by atoms with Gasteiger partial charge in [0, 0.05) is 5.02 Å². The van der Waals surface area contributed by atoms with Gasteiger partial charge in [-0.1, -0.05) is 11.6 Å². The van der Waals surface area contributed by atoms with Crippen LogP contribution in [0, 0.1) is 11.3 Å². The Hall–Kier alpha value is -1.27. The molecular weight excluding hydrogens is 336 g/mol. The molecule has 0 heterocycles. The van der Waals surface area contributed by atoms with Crippen molar-refractivity contribution in [1.82, 2.24) is 4.72 Å². The molecule has 1 rings (SSSR count). The highest BCUT2D eigenvalue weighted by molar-refractivity contribution is 7.98. The van der Waals surface area contributed by atoms with Gasteiger partial charge in [-0.15, -0.1) is 0 Å². The molecule has 21 heavy (non-hydrogen) atoms. The molecule has 1 atom stereocenters. The van der Waals surface area contributed by atoms with Gasteiger partial charge in [0.25, 0.3) is 0 Å². The van der Waals surface area contributed by atoms with Gasteiger partial charge in [0.15, 0.2) is 0 Å². The maximum Gasteiger partial charge on any atom is 0.321 e. The Morgan fingerprint density at radius 3 is 2.76 bits per heavy atom. The fourth-order valence-corrected chi connectivity index (χ4v) is 3.64. The van der Waals surface area contributed by atoms with Crippen molar-refractivity contribution >= 4 is 39.4 Å². The Balaban J connectivity index is 3.13. The molecule has 114 valence electrons. The van der Waals surface area contributed by atoms with Crippen molar-refractivity contribution in [2.75, 3.05) is 12.0 Å². The van der Waals surface area contributed by atoms with Crippen molar-refractivity contribution in [1.29, 1.82) is 5.26 Å². The van der Waals surface area contributed by atoms with Gasteiger partial charge in [-0.25, -0.2) is 8.42 Å². The summed E-state index contributed by atoms with van der Waals surface area (Å²) in [5, 5.41) is 18.2. The lowest BCUT2D eigenvalue weighted by atomic mass is 10.2. The highest BCUT2D eigenvalue weighted by atomic mass is 35.5. The molecule has 0 spiro atoms. The van der Waals surface area contributed by atoms with E-state index >= 15 is 0 Å². The quantitative estimate of drug-likeness (QED) is 0.776. The smallest absolute Gasteiger partial charge is 0.321 e. The van der Waals surface area contributed by atoms with Crippen LogP contribution in [0.15, 0.2) is 23.1 Å². The summed E-state index contributed by atoms with van der Waals surface area (Å²) in [6.07, 6.45) is 1.93. The number of hydrogen-bond acceptors (Lipinski definition) is 5. The Kier molecular flexibility index (Phi) is 6.48. The van der Waals surface area contributed by atoms with Crippen LogP contribution in [0.5, 0.6) is 0 Å². The average Bonchev–Trinajstić information content (AvgIpc) is 2.43. The molecule has 0 aliphatic heterocycles. The van der Waals surface area contributed by atoms with Crippen LogP contribution in [0.1, 0.15) is 12.0 Å². The third-order valence-electron chi connectivity index (χ3n) is 2.56. The zero-order chi connectivity index (χ0) is 16.0. The lowest BCUT2D eigenvalue weighted by molar-refractivity contribution is -0.139. The maximum absolute atomic E-state index is 12.3. The van der Waals surface area contributed by atoms with E-state index in [4.69, 9.17) is 22.0 Å². The number of carboxylic acid groups (broad SMARTS) is 1. The molecule has 0 aliphatic carbocycles. The number of thioether (sulfide) groups is 1. The van der Waals surface area contributed by atoms with Gasteiger partial charge in [-0.05, 0) is 36.6 Å². The molecule has 0 bridgehead atoms. The Morgan fingerprint density at radius 1 is 1.57 bits per heavy atom. The number of aliphatic carboxylic acids is 1. The first kappa shape index (κ1) is 17.8. The predicted octanol–water partition coefficient (Wildman–Crippen LogP) is 1.70. The second-order valence-electron chi connectivity index (χ2n) is 4.05. The van der Waals surface area contributed by atoms with E-state index < -0.39 is 22.0 Å². The lowest BCUT2D eigenvalue weighted by Crippen LogP contribution is -2.41. The molecule has 0 saturated carbocycles. The standard InChI is InChI=1S/C12H13ClN2O4S2/c1-20-5-4-10(12(16)17)15-21(18,19)11-6-9(13)3-2-8(11)7-14/h2-3,6,10,15H,4-5H2,1H3,(H,16,17). The summed E-state index contributed by atoms with van der Waals surface area (Å²) in [5.74, 6) is -0.784. The van der Waals surface area contributed by atoms with Crippen LogP contribution in [-0.2, 0) is 14.8 Å². The fourth-order valence-electron chi connectivity index (χ4n) is 1.53. The van der Waals surface area contributed by atoms with Crippen LogP contribution in [-0.4, -0.2) is 37.5 Å². The number of nitriles is 1. The molecule has 0 amide bonds. The van der Waals surface area contributed by atoms with Crippen molar-refractivity contribution in [3.8, 4) is 6.07 Å². The Bertz CT molecular complexity index is 670. The predicted molar refractivity (Wildman–Crippen MR) is 80.9 cm³/mol. The summed E-state index contributed by atoms with van der Waals surface area (Å²) < 4.78 is 26.6. The third-order valence-corrected chi connectivity index (χ3v) is 4.95. The van der Waals surface area contributed by atoms with E-state index in [-0.39, 0.29) is 21.9 Å². The molecule has 0 saturated heterocycles. The van der Waals surface area contributed by atoms with E-state index in [9.17, 15) is 13.2 Å². The molecule has 2 N–H and O–H groups in total. The van der Waals surface area contributed by atoms with Crippen LogP contribution in [0.3, 0.4) is 0 Å². The average molecular weight is 349 g/mol. The number of nitrogens with zero attached hydrogens (tertiary/aromatic N) is 1. The minimum absolute atomic E-state index is 0.0964. The van der Waals surface area contributed by atoms with E-state index in [1.165, 1.54) is 23.9 Å². The van der Waals surface area contributed by atoms with Gasteiger partial charge in [0.2, 0.25) is 10.0 Å². The first-order valence-corrected chi connectivity index (χ1v) is 9.01. The van der Waals surface area contributed by atoms with Gasteiger partial charge < -0.3 is 5.11 Å². The minimum Gasteiger partial charge on any atom is -0.480 e. The maximum atomic E-state index is 12.3. The molecule has 9 heteroatoms. The molecule has 6 nitrogen and oxygen atoms in total. The van der Waals surface area contributed by atoms with Crippen molar-refractivity contribution in [2.45, 2.75) is 17.4 Å². The largest absolute Gasteiger partial charge is 0.480 e. The molecule has 0 aromatic heterocycles. The number of carboxylic acids is 1. The normalized spacial score (nSPS) is 12.6. The lowest BCUT2D eigenvalue weighted by Gasteiger charge is -2.15. The first-order valence-electron chi connectivity index (χ1n) is 5.75. The summed E-state index contributed by atoms with van der Waals surface area (Å²) >= 11 is 7.15. The number of halogens is 1. The van der Waals surface area contributed by atoms with Crippen molar-refractivity contribution in [3.05, 3.63) is 28.8 Å². The van der Waals surface area contributed by atoms with Crippen molar-refractivity contribution < 1.29 is 18.3 Å². The Morgan fingerprint density at radius 2 is 2.24 bits per heavy atom. The first-order chi connectivity index (χ1) is 9.81. The van der Waals surface area contributed by atoms with Gasteiger partial charge in [0.1, 0.15) is 17.0 Å². The van der Waals surface area contributed by atoms with Gasteiger partial charge in [-0.2, -0.15) is 21.7 Å². The van der Waals surface area contributed by atoms with Crippen LogP contribution in [0.2, 0.25) is 5.02 Å².